The molecule has 1 amide bonds. The van der Waals surface area contributed by atoms with Gasteiger partial charge < -0.3 is 20.7 Å². The highest BCUT2D eigenvalue weighted by molar-refractivity contribution is 7.98. The van der Waals surface area contributed by atoms with Crippen molar-refractivity contribution in [3.8, 4) is 0 Å². The van der Waals surface area contributed by atoms with E-state index in [-0.39, 0.29) is 18.1 Å². The number of ether oxygens (including phenoxy) is 1. The Morgan fingerprint density at radius 3 is 2.63 bits per heavy atom. The summed E-state index contributed by atoms with van der Waals surface area (Å²) in [6, 6.07) is 15.5. The highest BCUT2D eigenvalue weighted by Gasteiger charge is 2.26. The quantitative estimate of drug-likeness (QED) is 0.251. The van der Waals surface area contributed by atoms with Crippen LogP contribution in [-0.2, 0) is 16.0 Å². The minimum absolute atomic E-state index is 0.239. The molecule has 6 nitrogen and oxygen atoms in total. The molecule has 8 heteroatoms. The van der Waals surface area contributed by atoms with E-state index in [1.807, 2.05) is 68.6 Å². The van der Waals surface area contributed by atoms with E-state index in [9.17, 15) is 9.59 Å². The zero-order valence-corrected chi connectivity index (χ0v) is 22.5. The molecule has 0 aliphatic carbocycles. The van der Waals surface area contributed by atoms with Crippen molar-refractivity contribution in [2.45, 2.75) is 56.5 Å². The smallest absolute Gasteiger partial charge is 0.328 e. The van der Waals surface area contributed by atoms with Crippen molar-refractivity contribution >= 4 is 42.0 Å². The summed E-state index contributed by atoms with van der Waals surface area (Å²) in [5.41, 5.74) is 3.46. The molecule has 2 aromatic carbocycles. The molecule has 3 rings (SSSR count). The van der Waals surface area contributed by atoms with Crippen molar-refractivity contribution < 1.29 is 14.3 Å². The molecule has 0 aromatic heterocycles. The Bertz CT molecular complexity index is 971. The lowest BCUT2D eigenvalue weighted by Gasteiger charge is -2.21. The first-order valence-electron chi connectivity index (χ1n) is 12.2. The van der Waals surface area contributed by atoms with Gasteiger partial charge in [0, 0.05) is 29.1 Å². The van der Waals surface area contributed by atoms with E-state index in [0.717, 1.165) is 42.1 Å². The normalized spacial score (nSPS) is 18.3. The van der Waals surface area contributed by atoms with Gasteiger partial charge in [0.25, 0.3) is 5.91 Å². The number of benzene rings is 2. The minimum Gasteiger partial charge on any atom is -0.461 e. The standard InChI is InChI=1S/C27H37N3O3S2/c1-18(2)33-27(32)23(12-14-35-3)30-26(31)22-16-21(29-17-24-25(34)11-13-28-24)10-9-20(22)15-19-7-5-4-6-8-19/h4-10,16,18,23-25,28-29,34H,11-15,17H2,1-3H3,(H,30,31)/t23-,24?,25?/m0/s1. The number of anilines is 1. The third-order valence-corrected chi connectivity index (χ3v) is 7.24. The van der Waals surface area contributed by atoms with Crippen LogP contribution in [0.15, 0.2) is 48.5 Å². The third-order valence-electron chi connectivity index (χ3n) is 5.98. The van der Waals surface area contributed by atoms with E-state index in [1.165, 1.54) is 0 Å². The summed E-state index contributed by atoms with van der Waals surface area (Å²) in [6.07, 6.45) is 3.93. The van der Waals surface area contributed by atoms with E-state index < -0.39 is 12.0 Å². The second-order valence-electron chi connectivity index (χ2n) is 9.13. The summed E-state index contributed by atoms with van der Waals surface area (Å²) in [5.74, 6) is 0.0847. The lowest BCUT2D eigenvalue weighted by atomic mass is 9.98. The summed E-state index contributed by atoms with van der Waals surface area (Å²) in [5, 5.41) is 10.2. The molecule has 1 aliphatic rings. The third kappa shape index (κ3) is 8.47. The van der Waals surface area contributed by atoms with E-state index in [1.54, 1.807) is 11.8 Å². The van der Waals surface area contributed by atoms with Crippen LogP contribution in [-0.4, -0.2) is 60.4 Å². The van der Waals surface area contributed by atoms with Gasteiger partial charge in [-0.1, -0.05) is 36.4 Å². The van der Waals surface area contributed by atoms with Crippen molar-refractivity contribution in [1.82, 2.24) is 10.6 Å². The van der Waals surface area contributed by atoms with Gasteiger partial charge in [-0.15, -0.1) is 0 Å². The zero-order valence-electron chi connectivity index (χ0n) is 20.8. The first kappa shape index (κ1) is 27.4. The van der Waals surface area contributed by atoms with Gasteiger partial charge in [-0.3, -0.25) is 4.79 Å². The van der Waals surface area contributed by atoms with E-state index in [0.29, 0.717) is 23.7 Å². The molecule has 0 spiro atoms. The number of carbonyl (C=O) groups excluding carboxylic acids is 2. The number of amides is 1. The Labute approximate surface area is 218 Å². The number of carbonyl (C=O) groups is 2. The van der Waals surface area contributed by atoms with Crippen LogP contribution in [0.4, 0.5) is 5.69 Å². The van der Waals surface area contributed by atoms with Crippen LogP contribution in [0.3, 0.4) is 0 Å². The molecular weight excluding hydrogens is 478 g/mol. The van der Waals surface area contributed by atoms with Crippen molar-refractivity contribution in [2.75, 3.05) is 30.4 Å². The maximum Gasteiger partial charge on any atom is 0.328 e. The molecule has 1 saturated heterocycles. The monoisotopic (exact) mass is 515 g/mol. The van der Waals surface area contributed by atoms with Gasteiger partial charge in [0.2, 0.25) is 0 Å². The number of thiol groups is 1. The maximum atomic E-state index is 13.5. The van der Waals surface area contributed by atoms with Crippen molar-refractivity contribution in [2.24, 2.45) is 0 Å². The van der Waals surface area contributed by atoms with Crippen LogP contribution in [0, 0.1) is 0 Å². The molecule has 0 radical (unpaired) electrons. The topological polar surface area (TPSA) is 79.5 Å². The number of nitrogens with one attached hydrogen (secondary N) is 3. The molecular formula is C27H37N3O3S2. The fourth-order valence-electron chi connectivity index (χ4n) is 4.09. The average molecular weight is 516 g/mol. The van der Waals surface area contributed by atoms with Gasteiger partial charge in [-0.2, -0.15) is 24.4 Å². The maximum absolute atomic E-state index is 13.5. The first-order valence-corrected chi connectivity index (χ1v) is 14.1. The van der Waals surface area contributed by atoms with Crippen LogP contribution < -0.4 is 16.0 Å². The average Bonchev–Trinajstić information content (AvgIpc) is 3.25. The number of hydrogen-bond acceptors (Lipinski definition) is 7. The van der Waals surface area contributed by atoms with Gasteiger partial charge in [0.15, 0.2) is 0 Å². The molecule has 3 N–H and O–H groups in total. The summed E-state index contributed by atoms with van der Waals surface area (Å²) < 4.78 is 5.41. The number of rotatable bonds is 12. The number of hydrogen-bond donors (Lipinski definition) is 4. The fraction of sp³-hybridized carbons (Fsp3) is 0.481. The van der Waals surface area contributed by atoms with E-state index >= 15 is 0 Å². The van der Waals surface area contributed by atoms with Crippen LogP contribution in [0.5, 0.6) is 0 Å². The van der Waals surface area contributed by atoms with Gasteiger partial charge in [-0.05, 0) is 74.9 Å². The predicted octanol–water partition coefficient (Wildman–Crippen LogP) is 4.15. The summed E-state index contributed by atoms with van der Waals surface area (Å²) in [7, 11) is 0. The van der Waals surface area contributed by atoms with Crippen molar-refractivity contribution in [1.29, 1.82) is 0 Å². The molecule has 35 heavy (non-hydrogen) atoms. The molecule has 190 valence electrons. The minimum atomic E-state index is -0.689. The molecule has 2 aromatic rings. The Morgan fingerprint density at radius 1 is 1.20 bits per heavy atom. The summed E-state index contributed by atoms with van der Waals surface area (Å²) in [6.45, 7) is 5.32. The zero-order chi connectivity index (χ0) is 25.2. The number of thioether (sulfide) groups is 1. The molecule has 3 atom stereocenters. The van der Waals surface area contributed by atoms with Crippen molar-refractivity contribution in [3.05, 3.63) is 65.2 Å². The molecule has 0 saturated carbocycles. The predicted molar refractivity (Wildman–Crippen MR) is 149 cm³/mol. The lowest BCUT2D eigenvalue weighted by Crippen LogP contribution is -2.43. The highest BCUT2D eigenvalue weighted by atomic mass is 32.2. The SMILES string of the molecule is CSCC[C@H](NC(=O)c1cc(NCC2NCCC2S)ccc1Cc1ccccc1)C(=O)OC(C)C. The van der Waals surface area contributed by atoms with Gasteiger partial charge >= 0.3 is 5.97 Å². The van der Waals surface area contributed by atoms with E-state index in [2.05, 4.69) is 28.6 Å². The van der Waals surface area contributed by atoms with E-state index in [4.69, 9.17) is 4.74 Å². The molecule has 1 heterocycles. The second kappa shape index (κ2) is 13.8. The molecule has 0 bridgehead atoms. The van der Waals surface area contributed by atoms with Gasteiger partial charge in [-0.25, -0.2) is 4.79 Å². The summed E-state index contributed by atoms with van der Waals surface area (Å²) >= 11 is 6.29. The lowest BCUT2D eigenvalue weighted by molar-refractivity contribution is -0.149. The van der Waals surface area contributed by atoms with Crippen LogP contribution in [0.2, 0.25) is 0 Å². The van der Waals surface area contributed by atoms with Gasteiger partial charge in [0.1, 0.15) is 6.04 Å². The van der Waals surface area contributed by atoms with Crippen LogP contribution >= 0.6 is 24.4 Å². The highest BCUT2D eigenvalue weighted by Crippen LogP contribution is 2.21. The molecule has 1 aliphatic heterocycles. The Balaban J connectivity index is 1.82. The fourth-order valence-corrected chi connectivity index (χ4v) is 4.90. The van der Waals surface area contributed by atoms with Crippen molar-refractivity contribution in [3.63, 3.8) is 0 Å². The van der Waals surface area contributed by atoms with Crippen LogP contribution in [0.25, 0.3) is 0 Å². The Morgan fingerprint density at radius 2 is 1.97 bits per heavy atom. The number of esters is 1. The summed E-state index contributed by atoms with van der Waals surface area (Å²) in [4.78, 5) is 26.2. The molecule has 2 unspecified atom stereocenters. The second-order valence-corrected chi connectivity index (χ2v) is 10.8. The largest absolute Gasteiger partial charge is 0.461 e. The Hall–Kier alpha value is -2.16. The van der Waals surface area contributed by atoms with Gasteiger partial charge in [0.05, 0.1) is 6.10 Å². The molecule has 1 fully saturated rings. The van der Waals surface area contributed by atoms with Crippen LogP contribution in [0.1, 0.15) is 48.2 Å². The Kier molecular flexibility index (Phi) is 10.8. The first-order chi connectivity index (χ1) is 16.9.